The van der Waals surface area contributed by atoms with Gasteiger partial charge >= 0.3 is 0 Å². The van der Waals surface area contributed by atoms with Crippen LogP contribution < -0.4 is 5.32 Å². The first kappa shape index (κ1) is 20.8. The standard InChI is InChI=1S/C15H18N10O3/c1-9(26)20-14-13(22-25-18)12(21-24-17)11(7-19-23-16)28-15(14)27-8-10-5-3-2-4-6-10/h2-6,11-15H,7-8H2,1H3,(H,20,26)/t11-,12-,13+,14+,15-/m1/s1. The average Bonchev–Trinajstić information content (AvgIpc) is 2.69. The Morgan fingerprint density at radius 2 is 1.82 bits per heavy atom. The number of ether oxygens (including phenoxy) is 2. The molecule has 1 heterocycles. The summed E-state index contributed by atoms with van der Waals surface area (Å²) in [5.41, 5.74) is 27.3. The summed E-state index contributed by atoms with van der Waals surface area (Å²) < 4.78 is 11.6. The molecule has 13 nitrogen and oxygen atoms in total. The van der Waals surface area contributed by atoms with Crippen molar-refractivity contribution in [2.75, 3.05) is 6.54 Å². The monoisotopic (exact) mass is 386 g/mol. The molecular weight excluding hydrogens is 368 g/mol. The van der Waals surface area contributed by atoms with E-state index in [1.807, 2.05) is 30.3 Å². The van der Waals surface area contributed by atoms with Gasteiger partial charge in [-0.3, -0.25) is 4.79 Å². The lowest BCUT2D eigenvalue weighted by Crippen LogP contribution is -2.63. The predicted molar refractivity (Wildman–Crippen MR) is 97.4 cm³/mol. The molecule has 1 N–H and O–H groups in total. The molecule has 1 aromatic carbocycles. The number of hydrogen-bond acceptors (Lipinski definition) is 6. The van der Waals surface area contributed by atoms with E-state index in [9.17, 15) is 4.79 Å². The van der Waals surface area contributed by atoms with E-state index < -0.39 is 36.4 Å². The maximum Gasteiger partial charge on any atom is 0.217 e. The third kappa shape index (κ3) is 5.52. The fraction of sp³-hybridized carbons (Fsp3) is 0.533. The Labute approximate surface area is 159 Å². The van der Waals surface area contributed by atoms with Crippen LogP contribution in [0.25, 0.3) is 31.3 Å². The number of rotatable bonds is 8. The normalized spacial score (nSPS) is 26.1. The number of nitrogens with zero attached hydrogens (tertiary/aromatic N) is 9. The van der Waals surface area contributed by atoms with Crippen molar-refractivity contribution in [2.45, 2.75) is 44.1 Å². The average molecular weight is 386 g/mol. The van der Waals surface area contributed by atoms with E-state index in [1.54, 1.807) is 0 Å². The van der Waals surface area contributed by atoms with Gasteiger partial charge in [0.25, 0.3) is 0 Å². The SMILES string of the molecule is CC(=O)N[C@@H]1[C@H](OCc2ccccc2)O[C@H](CN=[N+]=[N-])[C@@H](N=[N+]=[N-])[C@@H]1N=[N+]=[N-]. The second-order valence-electron chi connectivity index (χ2n) is 5.87. The molecule has 0 saturated carbocycles. The molecule has 13 heteroatoms. The Balaban J connectivity index is 2.34. The zero-order chi connectivity index (χ0) is 20.4. The fourth-order valence-corrected chi connectivity index (χ4v) is 2.88. The van der Waals surface area contributed by atoms with Gasteiger partial charge in [0.1, 0.15) is 0 Å². The van der Waals surface area contributed by atoms with Crippen LogP contribution in [0.2, 0.25) is 0 Å². The van der Waals surface area contributed by atoms with Crippen molar-refractivity contribution in [1.82, 2.24) is 5.32 Å². The molecule has 1 fully saturated rings. The number of azide groups is 3. The summed E-state index contributed by atoms with van der Waals surface area (Å²) >= 11 is 0. The van der Waals surface area contributed by atoms with E-state index in [1.165, 1.54) is 6.92 Å². The lowest BCUT2D eigenvalue weighted by molar-refractivity contribution is -0.219. The van der Waals surface area contributed by atoms with Crippen LogP contribution in [0.15, 0.2) is 45.7 Å². The third-order valence-corrected chi connectivity index (χ3v) is 4.02. The summed E-state index contributed by atoms with van der Waals surface area (Å²) in [4.78, 5) is 19.9. The van der Waals surface area contributed by atoms with Crippen LogP contribution in [0.3, 0.4) is 0 Å². The van der Waals surface area contributed by atoms with Crippen LogP contribution in [-0.4, -0.2) is 43.0 Å². The first-order valence-electron chi connectivity index (χ1n) is 8.28. The second-order valence-corrected chi connectivity index (χ2v) is 5.87. The first-order chi connectivity index (χ1) is 13.6. The van der Waals surface area contributed by atoms with Crippen LogP contribution in [-0.2, 0) is 20.9 Å². The third-order valence-electron chi connectivity index (χ3n) is 4.02. The van der Waals surface area contributed by atoms with E-state index in [0.717, 1.165) is 5.56 Å². The van der Waals surface area contributed by atoms with Crippen molar-refractivity contribution >= 4 is 5.91 Å². The zero-order valence-corrected chi connectivity index (χ0v) is 14.9. The Hall–Kier alpha value is -3.46. The highest BCUT2D eigenvalue weighted by Crippen LogP contribution is 2.28. The minimum Gasteiger partial charge on any atom is -0.348 e. The summed E-state index contributed by atoms with van der Waals surface area (Å²) in [6.07, 6.45) is -1.92. The molecule has 1 aliphatic heterocycles. The Bertz CT molecular complexity index is 815. The van der Waals surface area contributed by atoms with Gasteiger partial charge in [-0.2, -0.15) is 0 Å². The highest BCUT2D eigenvalue weighted by Gasteiger charge is 2.46. The second kappa shape index (κ2) is 10.6. The van der Waals surface area contributed by atoms with Crippen molar-refractivity contribution < 1.29 is 14.3 Å². The van der Waals surface area contributed by atoms with Gasteiger partial charge in [-0.05, 0) is 22.2 Å². The van der Waals surface area contributed by atoms with E-state index in [-0.39, 0.29) is 13.2 Å². The number of carbonyl (C=O) groups is 1. The van der Waals surface area contributed by atoms with Gasteiger partial charge in [0, 0.05) is 21.7 Å². The molecule has 0 aliphatic carbocycles. The van der Waals surface area contributed by atoms with Crippen molar-refractivity contribution in [2.24, 2.45) is 15.3 Å². The van der Waals surface area contributed by atoms with Crippen LogP contribution in [0.4, 0.5) is 0 Å². The largest absolute Gasteiger partial charge is 0.348 e. The van der Waals surface area contributed by atoms with Gasteiger partial charge in [-0.1, -0.05) is 45.7 Å². The van der Waals surface area contributed by atoms with Gasteiger partial charge in [0.2, 0.25) is 5.91 Å². The zero-order valence-electron chi connectivity index (χ0n) is 14.9. The summed E-state index contributed by atoms with van der Waals surface area (Å²) in [5, 5.41) is 13.4. The maximum absolute atomic E-state index is 11.7. The number of hydrogen-bond donors (Lipinski definition) is 1. The van der Waals surface area contributed by atoms with Crippen LogP contribution in [0.5, 0.6) is 0 Å². The molecule has 28 heavy (non-hydrogen) atoms. The van der Waals surface area contributed by atoms with Crippen molar-refractivity contribution in [3.05, 3.63) is 67.2 Å². The molecule has 0 radical (unpaired) electrons. The Morgan fingerprint density at radius 1 is 1.14 bits per heavy atom. The highest BCUT2D eigenvalue weighted by atomic mass is 16.7. The molecule has 146 valence electrons. The number of carbonyl (C=O) groups excluding carboxylic acids is 1. The minimum atomic E-state index is -1.02. The molecule has 1 saturated heterocycles. The molecular formula is C15H18N10O3. The van der Waals surface area contributed by atoms with E-state index in [2.05, 4.69) is 35.4 Å². The van der Waals surface area contributed by atoms with Gasteiger partial charge in [-0.15, -0.1) is 0 Å². The van der Waals surface area contributed by atoms with Gasteiger partial charge in [0.15, 0.2) is 6.29 Å². The molecule has 2 rings (SSSR count). The molecule has 1 aromatic rings. The van der Waals surface area contributed by atoms with Crippen molar-refractivity contribution in [3.8, 4) is 0 Å². The number of amides is 1. The van der Waals surface area contributed by atoms with Gasteiger partial charge in [-0.25, -0.2) is 0 Å². The summed E-state index contributed by atoms with van der Waals surface area (Å²) in [6, 6.07) is 6.34. The first-order valence-corrected chi connectivity index (χ1v) is 8.28. The van der Waals surface area contributed by atoms with E-state index in [0.29, 0.717) is 0 Å². The molecule has 0 bridgehead atoms. The predicted octanol–water partition coefficient (Wildman–Crippen LogP) is 3.10. The Kier molecular flexibility index (Phi) is 7.92. The summed E-state index contributed by atoms with van der Waals surface area (Å²) in [6.45, 7) is 1.27. The van der Waals surface area contributed by atoms with Gasteiger partial charge < -0.3 is 14.8 Å². The molecule has 1 aliphatic rings. The minimum absolute atomic E-state index is 0.158. The van der Waals surface area contributed by atoms with E-state index >= 15 is 0 Å². The van der Waals surface area contributed by atoms with Gasteiger partial charge in [0.05, 0.1) is 37.4 Å². The van der Waals surface area contributed by atoms with Crippen LogP contribution in [0, 0.1) is 0 Å². The lowest BCUT2D eigenvalue weighted by atomic mass is 9.92. The lowest BCUT2D eigenvalue weighted by Gasteiger charge is -2.43. The molecule has 5 atom stereocenters. The molecule has 1 amide bonds. The topological polar surface area (TPSA) is 194 Å². The Morgan fingerprint density at radius 3 is 2.43 bits per heavy atom. The smallest absolute Gasteiger partial charge is 0.217 e. The van der Waals surface area contributed by atoms with E-state index in [4.69, 9.17) is 26.1 Å². The molecule has 0 spiro atoms. The summed E-state index contributed by atoms with van der Waals surface area (Å²) in [7, 11) is 0. The maximum atomic E-state index is 11.7. The molecule has 0 aromatic heterocycles. The highest BCUT2D eigenvalue weighted by molar-refractivity contribution is 5.73. The van der Waals surface area contributed by atoms with Crippen LogP contribution >= 0.6 is 0 Å². The molecule has 0 unspecified atom stereocenters. The van der Waals surface area contributed by atoms with Crippen molar-refractivity contribution in [3.63, 3.8) is 0 Å². The number of nitrogens with one attached hydrogen (secondary N) is 1. The van der Waals surface area contributed by atoms with Crippen molar-refractivity contribution in [1.29, 1.82) is 0 Å². The fourth-order valence-electron chi connectivity index (χ4n) is 2.88. The van der Waals surface area contributed by atoms with Crippen LogP contribution in [0.1, 0.15) is 12.5 Å². The summed E-state index contributed by atoms with van der Waals surface area (Å²) in [5.74, 6) is -0.409. The quantitative estimate of drug-likeness (QED) is 0.408. The number of benzene rings is 1.